The first kappa shape index (κ1) is 77.9. The first-order valence-corrected chi connectivity index (χ1v) is 36.3. The zero-order valence-electron chi connectivity index (χ0n) is 54.4. The molecule has 0 aromatic carbocycles. The molecular formula is C74H140O6. The van der Waals surface area contributed by atoms with Gasteiger partial charge in [-0.3, -0.25) is 14.4 Å². The van der Waals surface area contributed by atoms with Crippen LogP contribution in [0.15, 0.2) is 24.3 Å². The van der Waals surface area contributed by atoms with Gasteiger partial charge in [-0.1, -0.05) is 373 Å². The van der Waals surface area contributed by atoms with Gasteiger partial charge >= 0.3 is 17.9 Å². The lowest BCUT2D eigenvalue weighted by molar-refractivity contribution is -0.167. The van der Waals surface area contributed by atoms with E-state index in [0.717, 1.165) is 77.0 Å². The van der Waals surface area contributed by atoms with E-state index in [-0.39, 0.29) is 31.1 Å². The lowest BCUT2D eigenvalue weighted by Crippen LogP contribution is -2.30. The van der Waals surface area contributed by atoms with Crippen LogP contribution < -0.4 is 0 Å². The molecule has 6 heteroatoms. The maximum Gasteiger partial charge on any atom is 0.306 e. The highest BCUT2D eigenvalue weighted by atomic mass is 16.6. The molecule has 1 atom stereocenters. The summed E-state index contributed by atoms with van der Waals surface area (Å²) in [5.74, 6) is -0.857. The summed E-state index contributed by atoms with van der Waals surface area (Å²) in [7, 11) is 0. The molecule has 0 heterocycles. The molecule has 0 aliphatic rings. The van der Waals surface area contributed by atoms with Crippen LogP contribution in [0.2, 0.25) is 0 Å². The fourth-order valence-corrected chi connectivity index (χ4v) is 11.2. The molecule has 0 spiro atoms. The molecule has 0 aromatic heterocycles. The quantitative estimate of drug-likeness (QED) is 0.0261. The summed E-state index contributed by atoms with van der Waals surface area (Å²) in [5, 5.41) is 0. The fraction of sp³-hybridized carbons (Fsp3) is 0.905. The van der Waals surface area contributed by atoms with Gasteiger partial charge in [0.2, 0.25) is 0 Å². The van der Waals surface area contributed by atoms with E-state index in [0.29, 0.717) is 19.3 Å². The van der Waals surface area contributed by atoms with Crippen molar-refractivity contribution in [3.05, 3.63) is 24.3 Å². The zero-order chi connectivity index (χ0) is 57.8. The standard InChI is InChI=1S/C74H140O6/c1-4-7-10-13-16-19-22-25-27-28-29-30-31-32-33-34-35-36-37-38-39-40-41-42-43-44-45-46-47-50-52-55-58-61-64-67-73(76)79-70-71(69-78-72(75)66-63-60-57-54-51-48-24-21-18-15-12-9-6-3)80-74(77)68-65-62-59-56-53-49-26-23-20-17-14-11-8-5-2/h14,17,23,26,71H,4-13,15-16,18-22,24-25,27-70H2,1-3H3/b17-14-,26-23-. The third-order valence-electron chi connectivity index (χ3n) is 16.7. The van der Waals surface area contributed by atoms with Crippen molar-refractivity contribution in [1.82, 2.24) is 0 Å². The zero-order valence-corrected chi connectivity index (χ0v) is 54.4. The maximum absolute atomic E-state index is 12.9. The van der Waals surface area contributed by atoms with Crippen molar-refractivity contribution >= 4 is 17.9 Å². The van der Waals surface area contributed by atoms with Gasteiger partial charge in [0.25, 0.3) is 0 Å². The fourth-order valence-electron chi connectivity index (χ4n) is 11.2. The van der Waals surface area contributed by atoms with Crippen LogP contribution in [0.4, 0.5) is 0 Å². The Balaban J connectivity index is 4.01. The minimum absolute atomic E-state index is 0.0711. The molecule has 0 aliphatic heterocycles. The Morgan fingerprint density at radius 1 is 0.250 bits per heavy atom. The Bertz CT molecular complexity index is 1290. The number of unbranched alkanes of at least 4 members (excludes halogenated alkanes) is 53. The highest BCUT2D eigenvalue weighted by Crippen LogP contribution is 2.19. The van der Waals surface area contributed by atoms with E-state index < -0.39 is 6.10 Å². The highest BCUT2D eigenvalue weighted by molar-refractivity contribution is 5.71. The van der Waals surface area contributed by atoms with Gasteiger partial charge in [-0.05, 0) is 44.9 Å². The topological polar surface area (TPSA) is 78.9 Å². The third kappa shape index (κ3) is 66.7. The van der Waals surface area contributed by atoms with Crippen molar-refractivity contribution in [3.8, 4) is 0 Å². The van der Waals surface area contributed by atoms with Crippen LogP contribution in [0, 0.1) is 0 Å². The number of carbonyl (C=O) groups is 3. The Labute approximate surface area is 500 Å². The van der Waals surface area contributed by atoms with Gasteiger partial charge in [-0.15, -0.1) is 0 Å². The van der Waals surface area contributed by atoms with Gasteiger partial charge in [0.05, 0.1) is 0 Å². The summed E-state index contributed by atoms with van der Waals surface area (Å²) in [6.07, 6.45) is 85.3. The number of rotatable bonds is 68. The predicted molar refractivity (Wildman–Crippen MR) is 349 cm³/mol. The van der Waals surface area contributed by atoms with E-state index in [9.17, 15) is 14.4 Å². The Hall–Kier alpha value is -2.11. The summed E-state index contributed by atoms with van der Waals surface area (Å²) in [6.45, 7) is 6.66. The molecule has 0 bridgehead atoms. The molecule has 1 unspecified atom stereocenters. The van der Waals surface area contributed by atoms with Gasteiger partial charge in [-0.2, -0.15) is 0 Å². The smallest absolute Gasteiger partial charge is 0.306 e. The summed E-state index contributed by atoms with van der Waals surface area (Å²) in [4.78, 5) is 38.3. The molecule has 472 valence electrons. The summed E-state index contributed by atoms with van der Waals surface area (Å²) >= 11 is 0. The maximum atomic E-state index is 12.9. The number of ether oxygens (including phenoxy) is 3. The monoisotopic (exact) mass is 1130 g/mol. The van der Waals surface area contributed by atoms with Crippen LogP contribution in [0.25, 0.3) is 0 Å². The first-order valence-electron chi connectivity index (χ1n) is 36.3. The molecule has 80 heavy (non-hydrogen) atoms. The van der Waals surface area contributed by atoms with Crippen LogP contribution >= 0.6 is 0 Å². The van der Waals surface area contributed by atoms with E-state index >= 15 is 0 Å². The van der Waals surface area contributed by atoms with Crippen molar-refractivity contribution in [2.24, 2.45) is 0 Å². The SMILES string of the molecule is CCCC/C=C\C/C=C\CCCCCCCC(=O)OC(COC(=O)CCCCCCCCCCCCCCC)COC(=O)CCCCCCCCCCCCCCCCCCCCCCCCCCCCCCCCCCCCC. The highest BCUT2D eigenvalue weighted by Gasteiger charge is 2.19. The molecule has 0 radical (unpaired) electrons. The summed E-state index contributed by atoms with van der Waals surface area (Å²) in [5.41, 5.74) is 0. The van der Waals surface area contributed by atoms with E-state index in [4.69, 9.17) is 14.2 Å². The van der Waals surface area contributed by atoms with Crippen molar-refractivity contribution < 1.29 is 28.6 Å². The lowest BCUT2D eigenvalue weighted by atomic mass is 10.0. The summed E-state index contributed by atoms with van der Waals surface area (Å²) in [6, 6.07) is 0. The normalized spacial score (nSPS) is 12.1. The third-order valence-corrected chi connectivity index (χ3v) is 16.7. The molecule has 0 saturated carbocycles. The van der Waals surface area contributed by atoms with Gasteiger partial charge in [0, 0.05) is 19.3 Å². The Morgan fingerprint density at radius 2 is 0.463 bits per heavy atom. The van der Waals surface area contributed by atoms with Gasteiger partial charge in [0.15, 0.2) is 6.10 Å². The Morgan fingerprint density at radius 3 is 0.725 bits per heavy atom. The van der Waals surface area contributed by atoms with Crippen molar-refractivity contribution in [3.63, 3.8) is 0 Å². The number of hydrogen-bond donors (Lipinski definition) is 0. The van der Waals surface area contributed by atoms with Gasteiger partial charge in [-0.25, -0.2) is 0 Å². The second-order valence-electron chi connectivity index (χ2n) is 24.9. The minimum atomic E-state index is -0.775. The molecule has 0 aromatic rings. The summed E-state index contributed by atoms with van der Waals surface area (Å²) < 4.78 is 16.9. The van der Waals surface area contributed by atoms with E-state index in [1.165, 1.54) is 295 Å². The average molecular weight is 1130 g/mol. The van der Waals surface area contributed by atoms with Crippen LogP contribution in [0.3, 0.4) is 0 Å². The molecule has 0 rings (SSSR count). The van der Waals surface area contributed by atoms with Gasteiger partial charge < -0.3 is 14.2 Å². The van der Waals surface area contributed by atoms with Crippen molar-refractivity contribution in [2.75, 3.05) is 13.2 Å². The first-order chi connectivity index (χ1) is 39.5. The van der Waals surface area contributed by atoms with Crippen LogP contribution in [-0.2, 0) is 28.6 Å². The van der Waals surface area contributed by atoms with Crippen LogP contribution in [-0.4, -0.2) is 37.2 Å². The average Bonchev–Trinajstić information content (AvgIpc) is 3.46. The largest absolute Gasteiger partial charge is 0.462 e. The molecule has 6 nitrogen and oxygen atoms in total. The minimum Gasteiger partial charge on any atom is -0.462 e. The molecule has 0 fully saturated rings. The number of carbonyl (C=O) groups excluding carboxylic acids is 3. The number of allylic oxidation sites excluding steroid dienone is 4. The van der Waals surface area contributed by atoms with Crippen molar-refractivity contribution in [2.45, 2.75) is 419 Å². The molecule has 0 aliphatic carbocycles. The lowest BCUT2D eigenvalue weighted by Gasteiger charge is -2.18. The van der Waals surface area contributed by atoms with Gasteiger partial charge in [0.1, 0.15) is 13.2 Å². The van der Waals surface area contributed by atoms with E-state index in [1.54, 1.807) is 0 Å². The molecule has 0 N–H and O–H groups in total. The Kier molecular flexibility index (Phi) is 67.6. The molecular weight excluding hydrogens is 985 g/mol. The number of esters is 3. The van der Waals surface area contributed by atoms with Crippen LogP contribution in [0.5, 0.6) is 0 Å². The predicted octanol–water partition coefficient (Wildman–Crippen LogP) is 25.0. The second kappa shape index (κ2) is 69.4. The molecule has 0 amide bonds. The van der Waals surface area contributed by atoms with E-state index in [2.05, 4.69) is 45.1 Å². The number of hydrogen-bond acceptors (Lipinski definition) is 6. The van der Waals surface area contributed by atoms with Crippen LogP contribution in [0.1, 0.15) is 412 Å². The second-order valence-corrected chi connectivity index (χ2v) is 24.9. The molecule has 0 saturated heterocycles. The van der Waals surface area contributed by atoms with E-state index in [1.807, 2.05) is 0 Å². The van der Waals surface area contributed by atoms with Crippen molar-refractivity contribution in [1.29, 1.82) is 0 Å².